The molecule has 1 saturated carbocycles. The number of ether oxygens (including phenoxy) is 1. The van der Waals surface area contributed by atoms with Gasteiger partial charge in [-0.1, -0.05) is 20.8 Å². The van der Waals surface area contributed by atoms with Crippen LogP contribution >= 0.6 is 0 Å². The van der Waals surface area contributed by atoms with Crippen LogP contribution in [0.1, 0.15) is 40.5 Å². The Balaban J connectivity index is 2.72. The van der Waals surface area contributed by atoms with Crippen LogP contribution in [0.3, 0.4) is 0 Å². The normalized spacial score (nSPS) is 30.6. The molecule has 0 aliphatic heterocycles. The van der Waals surface area contributed by atoms with Crippen molar-refractivity contribution >= 4 is 12.1 Å². The number of amides is 1. The summed E-state index contributed by atoms with van der Waals surface area (Å²) in [7, 11) is 0. The van der Waals surface area contributed by atoms with Gasteiger partial charge in [-0.25, -0.2) is 4.79 Å². The van der Waals surface area contributed by atoms with Crippen molar-refractivity contribution in [2.24, 2.45) is 17.3 Å². The number of nitrogens with one attached hydrogen (secondary N) is 1. The van der Waals surface area contributed by atoms with E-state index in [1.165, 1.54) is 0 Å². The zero-order chi connectivity index (χ0) is 13.9. The molecule has 1 rings (SSSR count). The van der Waals surface area contributed by atoms with Crippen molar-refractivity contribution in [2.75, 3.05) is 6.61 Å². The van der Waals surface area contributed by atoms with E-state index in [0.29, 0.717) is 19.4 Å². The maximum Gasteiger partial charge on any atom is 0.407 e. The van der Waals surface area contributed by atoms with Gasteiger partial charge in [-0.15, -0.1) is 0 Å². The van der Waals surface area contributed by atoms with E-state index in [2.05, 4.69) is 5.32 Å². The maximum atomic E-state index is 11.4. The van der Waals surface area contributed by atoms with Gasteiger partial charge >= 0.3 is 12.1 Å². The largest absolute Gasteiger partial charge is 0.481 e. The van der Waals surface area contributed by atoms with Crippen molar-refractivity contribution < 1.29 is 19.4 Å². The van der Waals surface area contributed by atoms with Crippen molar-refractivity contribution in [1.82, 2.24) is 5.32 Å². The summed E-state index contributed by atoms with van der Waals surface area (Å²) in [6.07, 6.45) is 0.850. The van der Waals surface area contributed by atoms with Crippen LogP contribution in [0.4, 0.5) is 4.79 Å². The van der Waals surface area contributed by atoms with Crippen LogP contribution in [0.5, 0.6) is 0 Å². The molecule has 0 saturated heterocycles. The van der Waals surface area contributed by atoms with Gasteiger partial charge < -0.3 is 15.2 Å². The second kappa shape index (κ2) is 5.59. The number of hydrogen-bond acceptors (Lipinski definition) is 3. The number of carbonyl (C=O) groups excluding carboxylic acids is 1. The summed E-state index contributed by atoms with van der Waals surface area (Å²) < 4.78 is 4.87. The van der Waals surface area contributed by atoms with Crippen LogP contribution in [-0.4, -0.2) is 29.8 Å². The molecule has 0 bridgehead atoms. The highest BCUT2D eigenvalue weighted by Crippen LogP contribution is 2.45. The van der Waals surface area contributed by atoms with E-state index < -0.39 is 12.1 Å². The molecule has 0 aromatic heterocycles. The van der Waals surface area contributed by atoms with E-state index in [0.717, 1.165) is 0 Å². The molecule has 1 aliphatic carbocycles. The highest BCUT2D eigenvalue weighted by Gasteiger charge is 2.46. The van der Waals surface area contributed by atoms with Gasteiger partial charge in [0.1, 0.15) is 0 Å². The van der Waals surface area contributed by atoms with Gasteiger partial charge in [-0.05, 0) is 31.1 Å². The molecule has 0 aromatic carbocycles. The molecule has 5 heteroatoms. The molecular weight excluding hydrogens is 234 g/mol. The van der Waals surface area contributed by atoms with Gasteiger partial charge in [0.2, 0.25) is 0 Å². The minimum absolute atomic E-state index is 0.0188. The number of aliphatic carboxylic acids is 1. The number of hydrogen-bond donors (Lipinski definition) is 2. The SMILES string of the molecule is CCOC(=O)NC1CCC(C(=O)O)C(C)(C)C1C. The summed E-state index contributed by atoms with van der Waals surface area (Å²) in [6, 6.07) is -0.0188. The molecule has 3 atom stereocenters. The van der Waals surface area contributed by atoms with Gasteiger partial charge in [-0.3, -0.25) is 4.79 Å². The molecule has 0 aromatic rings. The highest BCUT2D eigenvalue weighted by molar-refractivity contribution is 5.71. The Bertz CT molecular complexity index is 327. The van der Waals surface area contributed by atoms with E-state index in [1.54, 1.807) is 6.92 Å². The van der Waals surface area contributed by atoms with E-state index in [4.69, 9.17) is 4.74 Å². The molecule has 1 fully saturated rings. The molecule has 1 aliphatic rings. The monoisotopic (exact) mass is 257 g/mol. The lowest BCUT2D eigenvalue weighted by atomic mass is 9.61. The Kier molecular flexibility index (Phi) is 4.59. The van der Waals surface area contributed by atoms with Crippen molar-refractivity contribution in [3.8, 4) is 0 Å². The van der Waals surface area contributed by atoms with Crippen LogP contribution in [0.15, 0.2) is 0 Å². The highest BCUT2D eigenvalue weighted by atomic mass is 16.5. The minimum atomic E-state index is -0.749. The molecule has 18 heavy (non-hydrogen) atoms. The van der Waals surface area contributed by atoms with Crippen LogP contribution in [-0.2, 0) is 9.53 Å². The topological polar surface area (TPSA) is 75.6 Å². The molecule has 0 radical (unpaired) electrons. The standard InChI is InChI=1S/C13H23NO4/c1-5-18-12(17)14-10-7-6-9(11(15)16)13(3,4)8(10)2/h8-10H,5-7H2,1-4H3,(H,14,17)(H,15,16). The van der Waals surface area contributed by atoms with Crippen molar-refractivity contribution in [1.29, 1.82) is 0 Å². The molecule has 0 heterocycles. The average Bonchev–Trinajstić information content (AvgIpc) is 2.24. The Morgan fingerprint density at radius 2 is 2.00 bits per heavy atom. The zero-order valence-corrected chi connectivity index (χ0v) is 11.5. The Hall–Kier alpha value is -1.26. The second-order valence-electron chi connectivity index (χ2n) is 5.55. The number of alkyl carbamates (subject to hydrolysis) is 1. The molecule has 2 N–H and O–H groups in total. The molecule has 104 valence electrons. The van der Waals surface area contributed by atoms with E-state index >= 15 is 0 Å². The lowest BCUT2D eigenvalue weighted by Gasteiger charge is -2.46. The van der Waals surface area contributed by atoms with Gasteiger partial charge in [0, 0.05) is 6.04 Å². The summed E-state index contributed by atoms with van der Waals surface area (Å²) >= 11 is 0. The first kappa shape index (κ1) is 14.8. The number of rotatable bonds is 3. The molecule has 0 spiro atoms. The third-order valence-electron chi connectivity index (χ3n) is 4.32. The van der Waals surface area contributed by atoms with Crippen LogP contribution in [0, 0.1) is 17.3 Å². The average molecular weight is 257 g/mol. The Morgan fingerprint density at radius 3 is 2.50 bits per heavy atom. The first-order valence-electron chi connectivity index (χ1n) is 6.46. The third kappa shape index (κ3) is 2.94. The molecule has 1 amide bonds. The Labute approximate surface area is 108 Å². The fraction of sp³-hybridized carbons (Fsp3) is 0.846. The first-order chi connectivity index (χ1) is 8.30. The molecule has 5 nitrogen and oxygen atoms in total. The summed E-state index contributed by atoms with van der Waals surface area (Å²) in [5, 5.41) is 12.1. The first-order valence-corrected chi connectivity index (χ1v) is 6.46. The summed E-state index contributed by atoms with van der Waals surface area (Å²) in [6.45, 7) is 8.00. The quantitative estimate of drug-likeness (QED) is 0.813. The van der Waals surface area contributed by atoms with E-state index in [1.807, 2.05) is 20.8 Å². The van der Waals surface area contributed by atoms with Gasteiger partial charge in [0.15, 0.2) is 0 Å². The number of carboxylic acids is 1. The number of carbonyl (C=O) groups is 2. The van der Waals surface area contributed by atoms with Crippen molar-refractivity contribution in [3.63, 3.8) is 0 Å². The maximum absolute atomic E-state index is 11.4. The molecule has 3 unspecified atom stereocenters. The Morgan fingerprint density at radius 1 is 1.39 bits per heavy atom. The van der Waals surface area contributed by atoms with Gasteiger partial charge in [0.05, 0.1) is 12.5 Å². The van der Waals surface area contributed by atoms with Gasteiger partial charge in [0.25, 0.3) is 0 Å². The van der Waals surface area contributed by atoms with Crippen LogP contribution < -0.4 is 5.32 Å². The van der Waals surface area contributed by atoms with Crippen LogP contribution in [0.25, 0.3) is 0 Å². The van der Waals surface area contributed by atoms with Gasteiger partial charge in [-0.2, -0.15) is 0 Å². The fourth-order valence-electron chi connectivity index (χ4n) is 2.77. The fourth-order valence-corrected chi connectivity index (χ4v) is 2.77. The van der Waals surface area contributed by atoms with Crippen LogP contribution in [0.2, 0.25) is 0 Å². The zero-order valence-electron chi connectivity index (χ0n) is 11.5. The summed E-state index contributed by atoms with van der Waals surface area (Å²) in [5.41, 5.74) is -0.339. The third-order valence-corrected chi connectivity index (χ3v) is 4.32. The summed E-state index contributed by atoms with van der Waals surface area (Å²) in [4.78, 5) is 22.7. The van der Waals surface area contributed by atoms with Crippen molar-refractivity contribution in [2.45, 2.75) is 46.6 Å². The summed E-state index contributed by atoms with van der Waals surface area (Å²) in [5.74, 6) is -1.01. The predicted octanol–water partition coefficient (Wildman–Crippen LogP) is 2.26. The number of carboxylic acid groups (broad SMARTS) is 1. The second-order valence-corrected chi connectivity index (χ2v) is 5.55. The predicted molar refractivity (Wildman–Crippen MR) is 67.3 cm³/mol. The minimum Gasteiger partial charge on any atom is -0.481 e. The van der Waals surface area contributed by atoms with Crippen molar-refractivity contribution in [3.05, 3.63) is 0 Å². The van der Waals surface area contributed by atoms with E-state index in [-0.39, 0.29) is 23.3 Å². The lowest BCUT2D eigenvalue weighted by Crippen LogP contribution is -2.52. The lowest BCUT2D eigenvalue weighted by molar-refractivity contribution is -0.150. The smallest absolute Gasteiger partial charge is 0.407 e. The molecular formula is C13H23NO4. The van der Waals surface area contributed by atoms with E-state index in [9.17, 15) is 14.7 Å².